The number of likely N-dealkylation sites (tertiary alicyclic amines) is 1. The van der Waals surface area contributed by atoms with E-state index in [1.54, 1.807) is 0 Å². The predicted molar refractivity (Wildman–Crippen MR) is 102 cm³/mol. The van der Waals surface area contributed by atoms with E-state index in [0.717, 1.165) is 38.0 Å². The van der Waals surface area contributed by atoms with Crippen LogP contribution < -0.4 is 10.6 Å². The normalized spacial score (nSPS) is 15.7. The fourth-order valence-electron chi connectivity index (χ4n) is 3.10. The average Bonchev–Trinajstić information content (AvgIpc) is 2.64. The minimum atomic E-state index is -0.101. The molecule has 3 rings (SSSR count). The van der Waals surface area contributed by atoms with Gasteiger partial charge in [-0.25, -0.2) is 4.79 Å². The Morgan fingerprint density at radius 2 is 1.68 bits per heavy atom. The number of rotatable bonds is 5. The molecule has 5 heteroatoms. The summed E-state index contributed by atoms with van der Waals surface area (Å²) in [6, 6.07) is 18.2. The predicted octanol–water partition coefficient (Wildman–Crippen LogP) is 3.80. The van der Waals surface area contributed by atoms with Crippen LogP contribution in [0.25, 0.3) is 0 Å². The van der Waals surface area contributed by atoms with Gasteiger partial charge in [0.2, 0.25) is 0 Å². The van der Waals surface area contributed by atoms with Crippen LogP contribution in [-0.2, 0) is 13.1 Å². The van der Waals surface area contributed by atoms with Gasteiger partial charge in [-0.15, -0.1) is 0 Å². The van der Waals surface area contributed by atoms with Crippen molar-refractivity contribution < 1.29 is 4.79 Å². The van der Waals surface area contributed by atoms with Gasteiger partial charge < -0.3 is 10.6 Å². The van der Waals surface area contributed by atoms with Gasteiger partial charge in [-0.2, -0.15) is 0 Å². The van der Waals surface area contributed by atoms with E-state index < -0.39 is 0 Å². The molecule has 132 valence electrons. The highest BCUT2D eigenvalue weighted by Crippen LogP contribution is 2.14. The highest BCUT2D eigenvalue weighted by atomic mass is 35.5. The van der Waals surface area contributed by atoms with Crippen LogP contribution in [0.3, 0.4) is 0 Å². The van der Waals surface area contributed by atoms with E-state index in [-0.39, 0.29) is 12.1 Å². The number of urea groups is 1. The van der Waals surface area contributed by atoms with Crippen LogP contribution in [0.5, 0.6) is 0 Å². The van der Waals surface area contributed by atoms with Crippen LogP contribution in [0.2, 0.25) is 5.02 Å². The maximum atomic E-state index is 12.1. The third kappa shape index (κ3) is 5.76. The van der Waals surface area contributed by atoms with Crippen molar-refractivity contribution in [2.45, 2.75) is 32.0 Å². The molecule has 2 N–H and O–H groups in total. The Kier molecular flexibility index (Phi) is 6.31. The van der Waals surface area contributed by atoms with E-state index in [9.17, 15) is 4.79 Å². The lowest BCUT2D eigenvalue weighted by Gasteiger charge is -2.32. The van der Waals surface area contributed by atoms with Crippen molar-refractivity contribution in [3.63, 3.8) is 0 Å². The van der Waals surface area contributed by atoms with E-state index in [4.69, 9.17) is 11.6 Å². The number of nitrogens with zero attached hydrogens (tertiary/aromatic N) is 1. The van der Waals surface area contributed by atoms with Gasteiger partial charge in [0.1, 0.15) is 0 Å². The molecule has 0 atom stereocenters. The van der Waals surface area contributed by atoms with Gasteiger partial charge in [-0.05, 0) is 36.1 Å². The summed E-state index contributed by atoms with van der Waals surface area (Å²) in [6.45, 7) is 3.51. The Bertz CT molecular complexity index is 667. The number of amides is 2. The minimum absolute atomic E-state index is 0.101. The lowest BCUT2D eigenvalue weighted by molar-refractivity contribution is 0.186. The van der Waals surface area contributed by atoms with Crippen LogP contribution in [0.4, 0.5) is 4.79 Å². The fourth-order valence-corrected chi connectivity index (χ4v) is 3.22. The van der Waals surface area contributed by atoms with E-state index in [0.29, 0.717) is 11.6 Å². The summed E-state index contributed by atoms with van der Waals surface area (Å²) >= 11 is 5.86. The summed E-state index contributed by atoms with van der Waals surface area (Å²) < 4.78 is 0. The molecule has 0 spiro atoms. The van der Waals surface area contributed by atoms with E-state index in [1.165, 1.54) is 5.56 Å². The van der Waals surface area contributed by atoms with Crippen LogP contribution in [0.1, 0.15) is 24.0 Å². The average molecular weight is 358 g/mol. The summed E-state index contributed by atoms with van der Waals surface area (Å²) in [6.07, 6.45) is 1.97. The smallest absolute Gasteiger partial charge is 0.315 e. The summed E-state index contributed by atoms with van der Waals surface area (Å²) in [5.74, 6) is 0. The number of hydrogen-bond donors (Lipinski definition) is 2. The number of nitrogens with one attached hydrogen (secondary N) is 2. The van der Waals surface area contributed by atoms with Crippen molar-refractivity contribution in [2.75, 3.05) is 13.1 Å². The first kappa shape index (κ1) is 17.8. The molecule has 0 aromatic heterocycles. The Labute approximate surface area is 154 Å². The Hall–Kier alpha value is -2.04. The van der Waals surface area contributed by atoms with Crippen LogP contribution in [0.15, 0.2) is 54.6 Å². The van der Waals surface area contributed by atoms with Crippen molar-refractivity contribution in [3.05, 3.63) is 70.7 Å². The maximum absolute atomic E-state index is 12.1. The second-order valence-electron chi connectivity index (χ2n) is 6.49. The lowest BCUT2D eigenvalue weighted by atomic mass is 10.0. The van der Waals surface area contributed by atoms with E-state index in [1.807, 2.05) is 30.3 Å². The second-order valence-corrected chi connectivity index (χ2v) is 6.93. The van der Waals surface area contributed by atoms with Gasteiger partial charge in [0.15, 0.2) is 0 Å². The standard InChI is InChI=1S/C20H24ClN3O/c21-18-8-6-16(7-9-18)14-22-20(25)23-19-10-12-24(13-11-19)15-17-4-2-1-3-5-17/h1-9,19H,10-15H2,(H2,22,23,25). The number of carbonyl (C=O) groups is 1. The molecule has 0 radical (unpaired) electrons. The largest absolute Gasteiger partial charge is 0.335 e. The Balaban J connectivity index is 1.36. The van der Waals surface area contributed by atoms with Crippen molar-refractivity contribution in [3.8, 4) is 0 Å². The molecule has 1 saturated heterocycles. The molecule has 1 heterocycles. The van der Waals surface area contributed by atoms with E-state index in [2.05, 4.69) is 39.8 Å². The Morgan fingerprint density at radius 3 is 2.36 bits per heavy atom. The zero-order chi connectivity index (χ0) is 17.5. The molecule has 2 aromatic carbocycles. The number of benzene rings is 2. The van der Waals surface area contributed by atoms with E-state index >= 15 is 0 Å². The molecular weight excluding hydrogens is 334 g/mol. The van der Waals surface area contributed by atoms with Crippen molar-refractivity contribution in [1.29, 1.82) is 0 Å². The van der Waals surface area contributed by atoms with Gasteiger partial charge in [0, 0.05) is 37.2 Å². The van der Waals surface area contributed by atoms with Gasteiger partial charge in [-0.3, -0.25) is 4.90 Å². The molecule has 2 amide bonds. The highest BCUT2D eigenvalue weighted by molar-refractivity contribution is 6.30. The molecule has 1 aliphatic heterocycles. The quantitative estimate of drug-likeness (QED) is 0.854. The number of piperidine rings is 1. The van der Waals surface area contributed by atoms with Crippen LogP contribution >= 0.6 is 11.6 Å². The van der Waals surface area contributed by atoms with Crippen LogP contribution in [-0.4, -0.2) is 30.1 Å². The fraction of sp³-hybridized carbons (Fsp3) is 0.350. The van der Waals surface area contributed by atoms with Gasteiger partial charge in [0.05, 0.1) is 0 Å². The topological polar surface area (TPSA) is 44.4 Å². The minimum Gasteiger partial charge on any atom is -0.335 e. The molecule has 1 fully saturated rings. The first-order chi connectivity index (χ1) is 12.2. The zero-order valence-corrected chi connectivity index (χ0v) is 15.0. The van der Waals surface area contributed by atoms with Crippen molar-refractivity contribution >= 4 is 17.6 Å². The zero-order valence-electron chi connectivity index (χ0n) is 14.2. The van der Waals surface area contributed by atoms with Crippen molar-refractivity contribution in [2.24, 2.45) is 0 Å². The monoisotopic (exact) mass is 357 g/mol. The third-order valence-electron chi connectivity index (χ3n) is 4.54. The summed E-state index contributed by atoms with van der Waals surface area (Å²) in [7, 11) is 0. The SMILES string of the molecule is O=C(NCc1ccc(Cl)cc1)NC1CCN(Cc2ccccc2)CC1. The molecule has 0 bridgehead atoms. The summed E-state index contributed by atoms with van der Waals surface area (Å²) in [5, 5.41) is 6.70. The second kappa shape index (κ2) is 8.88. The first-order valence-electron chi connectivity index (χ1n) is 8.74. The molecule has 1 aliphatic rings. The van der Waals surface area contributed by atoms with Crippen LogP contribution in [0, 0.1) is 0 Å². The van der Waals surface area contributed by atoms with Gasteiger partial charge in [-0.1, -0.05) is 54.1 Å². The lowest BCUT2D eigenvalue weighted by Crippen LogP contribution is -2.47. The highest BCUT2D eigenvalue weighted by Gasteiger charge is 2.20. The molecule has 2 aromatic rings. The number of hydrogen-bond acceptors (Lipinski definition) is 2. The summed E-state index contributed by atoms with van der Waals surface area (Å²) in [4.78, 5) is 14.5. The molecule has 25 heavy (non-hydrogen) atoms. The van der Waals surface area contributed by atoms with Crippen molar-refractivity contribution in [1.82, 2.24) is 15.5 Å². The molecule has 0 aliphatic carbocycles. The number of carbonyl (C=O) groups excluding carboxylic acids is 1. The number of halogens is 1. The Morgan fingerprint density at radius 1 is 1.00 bits per heavy atom. The van der Waals surface area contributed by atoms with Gasteiger partial charge in [0.25, 0.3) is 0 Å². The van der Waals surface area contributed by atoms with Gasteiger partial charge >= 0.3 is 6.03 Å². The molecule has 0 saturated carbocycles. The third-order valence-corrected chi connectivity index (χ3v) is 4.79. The molecule has 4 nitrogen and oxygen atoms in total. The first-order valence-corrected chi connectivity index (χ1v) is 9.12. The molecule has 0 unspecified atom stereocenters. The maximum Gasteiger partial charge on any atom is 0.315 e. The molecular formula is C20H24ClN3O. The summed E-state index contributed by atoms with van der Waals surface area (Å²) in [5.41, 5.74) is 2.38.